The van der Waals surface area contributed by atoms with Crippen LogP contribution in [0.3, 0.4) is 0 Å². The Morgan fingerprint density at radius 2 is 1.83 bits per heavy atom. The summed E-state index contributed by atoms with van der Waals surface area (Å²) in [6, 6.07) is 13.9. The second-order valence-electron chi connectivity index (χ2n) is 9.45. The Kier molecular flexibility index (Phi) is 5.36. The van der Waals surface area contributed by atoms with Crippen molar-refractivity contribution >= 4 is 34.7 Å². The van der Waals surface area contributed by atoms with Crippen LogP contribution < -0.4 is 19.9 Å². The van der Waals surface area contributed by atoms with Gasteiger partial charge in [-0.2, -0.15) is 0 Å². The van der Waals surface area contributed by atoms with Crippen LogP contribution in [-0.2, 0) is 9.59 Å². The van der Waals surface area contributed by atoms with Gasteiger partial charge in [0.25, 0.3) is 0 Å². The summed E-state index contributed by atoms with van der Waals surface area (Å²) in [5.41, 5.74) is 4.43. The largest absolute Gasteiger partial charge is 0.474 e. The number of hydrogen-bond acceptors (Lipinski definition) is 6. The molecule has 6 rings (SSSR count). The lowest BCUT2D eigenvalue weighted by molar-refractivity contribution is -0.124. The number of fused-ring (bicyclic) bond motifs is 3. The number of aromatic nitrogens is 2. The maximum Gasteiger partial charge on any atom is 0.238 e. The highest BCUT2D eigenvalue weighted by atomic mass is 16.5. The Bertz CT molecular complexity index is 1270. The second-order valence-corrected chi connectivity index (χ2v) is 9.45. The highest BCUT2D eigenvalue weighted by Crippen LogP contribution is 2.39. The Labute approximate surface area is 203 Å². The molecule has 3 aliphatic heterocycles. The molecule has 3 aromatic rings. The average molecular weight is 470 g/mol. The summed E-state index contributed by atoms with van der Waals surface area (Å²) in [7, 11) is 0. The molecular weight excluding hydrogens is 442 g/mol. The summed E-state index contributed by atoms with van der Waals surface area (Å²) in [6.07, 6.45) is 6.88. The molecule has 1 N–H and O–H groups in total. The van der Waals surface area contributed by atoms with Crippen molar-refractivity contribution in [3.05, 3.63) is 54.9 Å². The topological polar surface area (TPSA) is 87.7 Å². The van der Waals surface area contributed by atoms with Gasteiger partial charge in [-0.3, -0.25) is 9.59 Å². The minimum absolute atomic E-state index is 0.00734. The lowest BCUT2D eigenvalue weighted by atomic mass is 9.92. The molecule has 0 aliphatic carbocycles. The van der Waals surface area contributed by atoms with E-state index in [2.05, 4.69) is 15.3 Å². The number of ether oxygens (including phenoxy) is 1. The Balaban J connectivity index is 1.18. The fourth-order valence-corrected chi connectivity index (χ4v) is 5.09. The van der Waals surface area contributed by atoms with Gasteiger partial charge in [-0.1, -0.05) is 19.1 Å². The molecule has 2 amide bonds. The fraction of sp³-hybridized carbons (Fsp3) is 0.333. The van der Waals surface area contributed by atoms with E-state index < -0.39 is 0 Å². The highest BCUT2D eigenvalue weighted by molar-refractivity contribution is 5.98. The van der Waals surface area contributed by atoms with Crippen molar-refractivity contribution in [2.45, 2.75) is 38.6 Å². The second kappa shape index (κ2) is 8.69. The molecule has 1 unspecified atom stereocenters. The number of piperidine rings is 1. The zero-order chi connectivity index (χ0) is 23.9. The normalized spacial score (nSPS) is 21.4. The Morgan fingerprint density at radius 3 is 2.57 bits per heavy atom. The van der Waals surface area contributed by atoms with E-state index >= 15 is 0 Å². The fourth-order valence-electron chi connectivity index (χ4n) is 5.09. The summed E-state index contributed by atoms with van der Waals surface area (Å²) in [4.78, 5) is 37.6. The van der Waals surface area contributed by atoms with E-state index in [0.717, 1.165) is 54.0 Å². The third-order valence-corrected chi connectivity index (χ3v) is 7.08. The predicted molar refractivity (Wildman–Crippen MR) is 134 cm³/mol. The number of amides is 2. The molecule has 2 atom stereocenters. The van der Waals surface area contributed by atoms with Crippen LogP contribution in [0.25, 0.3) is 11.1 Å². The molecule has 8 heteroatoms. The van der Waals surface area contributed by atoms with Gasteiger partial charge in [0.1, 0.15) is 18.1 Å². The van der Waals surface area contributed by atoms with Gasteiger partial charge in [0.2, 0.25) is 17.7 Å². The molecule has 178 valence electrons. The summed E-state index contributed by atoms with van der Waals surface area (Å²) < 4.78 is 5.82. The molecule has 0 spiro atoms. The Hall–Kier alpha value is -3.94. The van der Waals surface area contributed by atoms with Gasteiger partial charge >= 0.3 is 0 Å². The molecule has 1 aromatic carbocycles. The van der Waals surface area contributed by atoms with Crippen LogP contribution >= 0.6 is 0 Å². The molecule has 2 saturated heterocycles. The first-order valence-electron chi connectivity index (χ1n) is 12.2. The Morgan fingerprint density at radius 1 is 1.00 bits per heavy atom. The number of nitrogens with zero attached hydrogens (tertiary/aromatic N) is 4. The SMILES string of the molecule is CC1CC[C@H]2COc3ncc(Nc4ccc(-c5ccc(N6CCCC6=O)cc5)cn4)cc3N2C1=O. The molecule has 0 saturated carbocycles. The number of pyridine rings is 2. The molecule has 2 fully saturated rings. The van der Waals surface area contributed by atoms with Crippen molar-refractivity contribution < 1.29 is 14.3 Å². The molecule has 35 heavy (non-hydrogen) atoms. The molecular formula is C27H27N5O3. The van der Waals surface area contributed by atoms with Gasteiger partial charge in [-0.15, -0.1) is 0 Å². The molecule has 2 aromatic heterocycles. The van der Waals surface area contributed by atoms with Crippen molar-refractivity contribution in [1.29, 1.82) is 0 Å². The number of rotatable bonds is 4. The first-order valence-corrected chi connectivity index (χ1v) is 12.2. The van der Waals surface area contributed by atoms with Crippen LogP contribution in [0.1, 0.15) is 32.6 Å². The summed E-state index contributed by atoms with van der Waals surface area (Å²) >= 11 is 0. The standard InChI is InChI=1S/C27H27N5O3/c1-17-4-8-22-16-35-26-23(32(22)27(17)34)13-20(15-29-26)30-24-11-7-19(14-28-24)18-5-9-21(10-6-18)31-12-2-3-25(31)33/h5-7,9-11,13-15,17,22H,2-4,8,12,16H2,1H3,(H,28,30)/t17?,22-/m0/s1. The predicted octanol–water partition coefficient (Wildman–Crippen LogP) is 4.54. The van der Waals surface area contributed by atoms with Crippen molar-refractivity contribution in [2.75, 3.05) is 28.3 Å². The van der Waals surface area contributed by atoms with Crippen LogP contribution in [0, 0.1) is 5.92 Å². The number of nitrogens with one attached hydrogen (secondary N) is 1. The van der Waals surface area contributed by atoms with E-state index in [-0.39, 0.29) is 23.8 Å². The van der Waals surface area contributed by atoms with Crippen LogP contribution in [0.5, 0.6) is 5.88 Å². The monoisotopic (exact) mass is 469 g/mol. The summed E-state index contributed by atoms with van der Waals surface area (Å²) in [5, 5.41) is 3.29. The molecule has 3 aliphatic rings. The molecule has 0 radical (unpaired) electrons. The van der Waals surface area contributed by atoms with E-state index in [0.29, 0.717) is 24.7 Å². The zero-order valence-corrected chi connectivity index (χ0v) is 19.6. The smallest absolute Gasteiger partial charge is 0.238 e. The zero-order valence-electron chi connectivity index (χ0n) is 19.6. The molecule has 8 nitrogen and oxygen atoms in total. The van der Waals surface area contributed by atoms with Crippen LogP contribution in [0.4, 0.5) is 22.9 Å². The molecule has 0 bridgehead atoms. The van der Waals surface area contributed by atoms with Gasteiger partial charge < -0.3 is 19.9 Å². The molecule has 5 heterocycles. The van der Waals surface area contributed by atoms with Crippen molar-refractivity contribution in [3.63, 3.8) is 0 Å². The first kappa shape index (κ1) is 21.6. The summed E-state index contributed by atoms with van der Waals surface area (Å²) in [6.45, 7) is 3.26. The van der Waals surface area contributed by atoms with Crippen LogP contribution in [0.15, 0.2) is 54.9 Å². The summed E-state index contributed by atoms with van der Waals surface area (Å²) in [5.74, 6) is 1.51. The highest BCUT2D eigenvalue weighted by Gasteiger charge is 2.39. The number of carbonyl (C=O) groups excluding carboxylic acids is 2. The van der Waals surface area contributed by atoms with E-state index in [1.54, 1.807) is 6.20 Å². The van der Waals surface area contributed by atoms with Crippen LogP contribution in [-0.4, -0.2) is 41.0 Å². The minimum Gasteiger partial charge on any atom is -0.474 e. The lowest BCUT2D eigenvalue weighted by Gasteiger charge is -2.41. The van der Waals surface area contributed by atoms with Gasteiger partial charge in [0, 0.05) is 36.3 Å². The van der Waals surface area contributed by atoms with Gasteiger partial charge in [0.05, 0.1) is 17.9 Å². The van der Waals surface area contributed by atoms with E-state index in [1.165, 1.54) is 0 Å². The number of hydrogen-bond donors (Lipinski definition) is 1. The minimum atomic E-state index is 0.00734. The maximum atomic E-state index is 12.9. The third kappa shape index (κ3) is 3.99. The van der Waals surface area contributed by atoms with Crippen LogP contribution in [0.2, 0.25) is 0 Å². The van der Waals surface area contributed by atoms with Crippen molar-refractivity contribution in [2.24, 2.45) is 5.92 Å². The van der Waals surface area contributed by atoms with Crippen molar-refractivity contribution in [1.82, 2.24) is 9.97 Å². The average Bonchev–Trinajstić information content (AvgIpc) is 3.32. The van der Waals surface area contributed by atoms with Gasteiger partial charge in [0.15, 0.2) is 0 Å². The first-order chi connectivity index (χ1) is 17.1. The van der Waals surface area contributed by atoms with Gasteiger partial charge in [-0.25, -0.2) is 9.97 Å². The third-order valence-electron chi connectivity index (χ3n) is 7.08. The lowest BCUT2D eigenvalue weighted by Crippen LogP contribution is -2.52. The number of benzene rings is 1. The number of carbonyl (C=O) groups is 2. The van der Waals surface area contributed by atoms with E-state index in [1.807, 2.05) is 65.4 Å². The maximum absolute atomic E-state index is 12.9. The van der Waals surface area contributed by atoms with Gasteiger partial charge in [-0.05, 0) is 55.2 Å². The van der Waals surface area contributed by atoms with E-state index in [9.17, 15) is 9.59 Å². The van der Waals surface area contributed by atoms with E-state index in [4.69, 9.17) is 4.74 Å². The number of anilines is 4. The van der Waals surface area contributed by atoms with Crippen molar-refractivity contribution in [3.8, 4) is 17.0 Å². The quantitative estimate of drug-likeness (QED) is 0.604.